The van der Waals surface area contributed by atoms with Crippen LogP contribution in [-0.4, -0.2) is 29.1 Å². The number of piperidine rings is 1. The van der Waals surface area contributed by atoms with E-state index in [-0.39, 0.29) is 0 Å². The summed E-state index contributed by atoms with van der Waals surface area (Å²) in [6.07, 6.45) is 1.24. The Morgan fingerprint density at radius 1 is 1.04 bits per heavy atom. The first-order valence-electron chi connectivity index (χ1n) is 7.86. The molecule has 1 aliphatic rings. The molecule has 1 aliphatic heterocycles. The van der Waals surface area contributed by atoms with Gasteiger partial charge in [-0.05, 0) is 49.2 Å². The van der Waals surface area contributed by atoms with Gasteiger partial charge in [-0.15, -0.1) is 0 Å². The van der Waals surface area contributed by atoms with Crippen molar-refractivity contribution in [3.8, 4) is 0 Å². The smallest absolute Gasteiger partial charge is 0.314 e. The summed E-state index contributed by atoms with van der Waals surface area (Å²) in [5, 5.41) is 10.5. The average molecular weight is 330 g/mol. The highest BCUT2D eigenvalue weighted by atomic mass is 35.5. The third-order valence-electron chi connectivity index (χ3n) is 4.76. The quantitative estimate of drug-likeness (QED) is 0.923. The van der Waals surface area contributed by atoms with E-state index in [2.05, 4.69) is 17.0 Å². The molecule has 2 aromatic carbocycles. The van der Waals surface area contributed by atoms with Crippen LogP contribution in [0.25, 0.3) is 0 Å². The Morgan fingerprint density at radius 2 is 1.65 bits per heavy atom. The number of carbonyl (C=O) groups is 1. The molecular formula is C19H20ClNO2. The van der Waals surface area contributed by atoms with E-state index in [0.29, 0.717) is 17.9 Å². The van der Waals surface area contributed by atoms with Gasteiger partial charge in [0.25, 0.3) is 0 Å². The molecule has 0 radical (unpaired) electrons. The summed E-state index contributed by atoms with van der Waals surface area (Å²) in [6.45, 7) is 2.44. The summed E-state index contributed by atoms with van der Waals surface area (Å²) in [5.74, 6) is -0.737. The fraction of sp³-hybridized carbons (Fsp3) is 0.316. The van der Waals surface area contributed by atoms with Gasteiger partial charge in [-0.25, -0.2) is 0 Å². The molecule has 0 spiro atoms. The summed E-state index contributed by atoms with van der Waals surface area (Å²) < 4.78 is 0. The van der Waals surface area contributed by atoms with Gasteiger partial charge in [0.15, 0.2) is 0 Å². The minimum atomic E-state index is -0.794. The van der Waals surface area contributed by atoms with Gasteiger partial charge < -0.3 is 5.11 Å². The van der Waals surface area contributed by atoms with Crippen LogP contribution in [0.15, 0.2) is 54.6 Å². The largest absolute Gasteiger partial charge is 0.481 e. The maximum Gasteiger partial charge on any atom is 0.314 e. The Morgan fingerprint density at radius 3 is 2.22 bits per heavy atom. The molecule has 0 bridgehead atoms. The van der Waals surface area contributed by atoms with Crippen molar-refractivity contribution in [3.05, 3.63) is 70.7 Å². The monoisotopic (exact) mass is 329 g/mol. The molecule has 0 amide bonds. The zero-order chi connectivity index (χ0) is 16.3. The predicted molar refractivity (Wildman–Crippen MR) is 91.7 cm³/mol. The second kappa shape index (κ2) is 6.73. The van der Waals surface area contributed by atoms with Crippen LogP contribution >= 0.6 is 11.6 Å². The molecule has 1 N–H and O–H groups in total. The fourth-order valence-corrected chi connectivity index (χ4v) is 3.46. The van der Waals surface area contributed by atoms with E-state index in [9.17, 15) is 9.90 Å². The highest BCUT2D eigenvalue weighted by Gasteiger charge is 2.42. The van der Waals surface area contributed by atoms with Gasteiger partial charge in [-0.3, -0.25) is 9.69 Å². The highest BCUT2D eigenvalue weighted by Crippen LogP contribution is 2.36. The summed E-state index contributed by atoms with van der Waals surface area (Å²) >= 11 is 5.93. The van der Waals surface area contributed by atoms with E-state index >= 15 is 0 Å². The molecule has 3 nitrogen and oxygen atoms in total. The molecule has 0 aliphatic carbocycles. The molecule has 0 saturated carbocycles. The molecule has 4 heteroatoms. The first-order valence-corrected chi connectivity index (χ1v) is 8.24. The molecule has 3 rings (SSSR count). The number of likely N-dealkylation sites (tertiary alicyclic amines) is 1. The van der Waals surface area contributed by atoms with Gasteiger partial charge in [0.2, 0.25) is 0 Å². The molecule has 23 heavy (non-hydrogen) atoms. The van der Waals surface area contributed by atoms with Gasteiger partial charge in [0.05, 0.1) is 5.41 Å². The Balaban J connectivity index is 1.73. The molecule has 1 fully saturated rings. The normalized spacial score (nSPS) is 17.8. The number of aliphatic carboxylic acids is 1. The van der Waals surface area contributed by atoms with Crippen LogP contribution < -0.4 is 0 Å². The van der Waals surface area contributed by atoms with Crippen molar-refractivity contribution in [1.82, 2.24) is 4.90 Å². The van der Waals surface area contributed by atoms with Crippen molar-refractivity contribution >= 4 is 17.6 Å². The van der Waals surface area contributed by atoms with Crippen LogP contribution in [0.3, 0.4) is 0 Å². The lowest BCUT2D eigenvalue weighted by Crippen LogP contribution is -2.47. The fourth-order valence-electron chi connectivity index (χ4n) is 3.33. The molecule has 1 heterocycles. The zero-order valence-corrected chi connectivity index (χ0v) is 13.7. The van der Waals surface area contributed by atoms with Crippen molar-refractivity contribution in [2.75, 3.05) is 13.1 Å². The maximum atomic E-state index is 12.0. The molecule has 1 saturated heterocycles. The first kappa shape index (κ1) is 16.0. The topological polar surface area (TPSA) is 40.5 Å². The van der Waals surface area contributed by atoms with Gasteiger partial charge >= 0.3 is 5.97 Å². The average Bonchev–Trinajstić information content (AvgIpc) is 2.57. The summed E-state index contributed by atoms with van der Waals surface area (Å²) in [7, 11) is 0. The number of hydrogen-bond donors (Lipinski definition) is 1. The number of carboxylic acids is 1. The van der Waals surface area contributed by atoms with Crippen LogP contribution in [-0.2, 0) is 16.8 Å². The molecular weight excluding hydrogens is 310 g/mol. The molecule has 0 aromatic heterocycles. The van der Waals surface area contributed by atoms with E-state index in [1.807, 2.05) is 30.3 Å². The molecule has 2 aromatic rings. The van der Waals surface area contributed by atoms with E-state index in [4.69, 9.17) is 11.6 Å². The Kier molecular flexibility index (Phi) is 4.69. The van der Waals surface area contributed by atoms with Crippen LogP contribution in [0.2, 0.25) is 5.02 Å². The minimum Gasteiger partial charge on any atom is -0.481 e. The first-order chi connectivity index (χ1) is 11.1. The number of nitrogens with zero attached hydrogens (tertiary/aromatic N) is 1. The van der Waals surface area contributed by atoms with Crippen molar-refractivity contribution in [2.45, 2.75) is 24.8 Å². The lowest BCUT2D eigenvalue weighted by atomic mass is 9.73. The third kappa shape index (κ3) is 3.41. The van der Waals surface area contributed by atoms with E-state index in [0.717, 1.165) is 25.2 Å². The van der Waals surface area contributed by atoms with Crippen molar-refractivity contribution < 1.29 is 9.90 Å². The van der Waals surface area contributed by atoms with Gasteiger partial charge in [-0.2, -0.15) is 0 Å². The number of halogens is 1. The van der Waals surface area contributed by atoms with Crippen molar-refractivity contribution in [3.63, 3.8) is 0 Å². The Hall–Kier alpha value is -1.84. The van der Waals surface area contributed by atoms with E-state index in [1.165, 1.54) is 5.56 Å². The summed E-state index contributed by atoms with van der Waals surface area (Å²) in [5.41, 5.74) is 1.33. The highest BCUT2D eigenvalue weighted by molar-refractivity contribution is 6.30. The maximum absolute atomic E-state index is 12.0. The minimum absolute atomic E-state index is 0.622. The van der Waals surface area contributed by atoms with Crippen molar-refractivity contribution in [2.24, 2.45) is 0 Å². The second-order valence-electron chi connectivity index (χ2n) is 6.16. The number of carboxylic acid groups (broad SMARTS) is 1. The van der Waals surface area contributed by atoms with Crippen LogP contribution in [0.1, 0.15) is 24.0 Å². The Bertz CT molecular complexity index is 662. The lowest BCUT2D eigenvalue weighted by Gasteiger charge is -2.39. The Labute approximate surface area is 141 Å². The number of benzene rings is 2. The second-order valence-corrected chi connectivity index (χ2v) is 6.59. The third-order valence-corrected chi connectivity index (χ3v) is 5.02. The van der Waals surface area contributed by atoms with Crippen LogP contribution in [0.5, 0.6) is 0 Å². The van der Waals surface area contributed by atoms with Gasteiger partial charge in [0, 0.05) is 11.6 Å². The van der Waals surface area contributed by atoms with E-state index in [1.54, 1.807) is 12.1 Å². The number of rotatable bonds is 4. The van der Waals surface area contributed by atoms with Gasteiger partial charge in [-0.1, -0.05) is 54.1 Å². The van der Waals surface area contributed by atoms with Gasteiger partial charge in [0.1, 0.15) is 0 Å². The van der Waals surface area contributed by atoms with Crippen molar-refractivity contribution in [1.29, 1.82) is 0 Å². The van der Waals surface area contributed by atoms with Crippen LogP contribution in [0.4, 0.5) is 0 Å². The summed E-state index contributed by atoms with van der Waals surface area (Å²) in [4.78, 5) is 14.3. The lowest BCUT2D eigenvalue weighted by molar-refractivity contribution is -0.146. The predicted octanol–water partition coefficient (Wildman–Crippen LogP) is 3.96. The number of hydrogen-bond acceptors (Lipinski definition) is 2. The summed E-state index contributed by atoms with van der Waals surface area (Å²) in [6, 6.07) is 17.6. The standard InChI is InChI=1S/C19H20ClNO2/c20-17-8-6-16(7-9-17)19(18(22)23)10-12-21(13-11-19)14-15-4-2-1-3-5-15/h1-9H,10-14H2,(H,22,23). The van der Waals surface area contributed by atoms with E-state index < -0.39 is 11.4 Å². The molecule has 0 unspecified atom stereocenters. The zero-order valence-electron chi connectivity index (χ0n) is 12.9. The SMILES string of the molecule is O=C(O)C1(c2ccc(Cl)cc2)CCN(Cc2ccccc2)CC1. The van der Waals surface area contributed by atoms with Crippen LogP contribution in [0, 0.1) is 0 Å². The molecule has 120 valence electrons. The molecule has 0 atom stereocenters.